The van der Waals surface area contributed by atoms with Crippen LogP contribution in [0, 0.1) is 18.3 Å². The number of rotatable bonds is 3. The summed E-state index contributed by atoms with van der Waals surface area (Å²) in [6.07, 6.45) is 0. The fraction of sp³-hybridized carbons (Fsp3) is 0.222. The summed E-state index contributed by atoms with van der Waals surface area (Å²) in [4.78, 5) is 0. The number of sulfonamides is 1. The molecule has 0 aromatic heterocycles. The van der Waals surface area contributed by atoms with Crippen LogP contribution in [0.15, 0.2) is 18.2 Å². The zero-order valence-electron chi connectivity index (χ0n) is 8.06. The summed E-state index contributed by atoms with van der Waals surface area (Å²) in [6, 6.07) is 5.81. The van der Waals surface area contributed by atoms with Gasteiger partial charge in [-0.15, -0.1) is 0 Å². The Morgan fingerprint density at radius 1 is 1.53 bits per heavy atom. The Morgan fingerprint density at radius 2 is 2.20 bits per heavy atom. The van der Waals surface area contributed by atoms with Crippen molar-refractivity contribution in [2.24, 2.45) is 0 Å². The predicted molar refractivity (Wildman–Crippen MR) is 55.9 cm³/mol. The van der Waals surface area contributed by atoms with Crippen molar-refractivity contribution in [1.82, 2.24) is 0 Å². The third-order valence-corrected chi connectivity index (χ3v) is 2.77. The smallest absolute Gasteiger partial charge is 0.246 e. The molecule has 1 aromatic rings. The highest BCUT2D eigenvalue weighted by molar-refractivity contribution is 7.92. The maximum Gasteiger partial charge on any atom is 0.246 e. The number of nitrogens with zero attached hydrogens (tertiary/aromatic N) is 1. The highest BCUT2D eigenvalue weighted by Gasteiger charge is 2.10. The molecule has 0 spiro atoms. The highest BCUT2D eigenvalue weighted by atomic mass is 32.2. The van der Waals surface area contributed by atoms with Gasteiger partial charge in [0.25, 0.3) is 0 Å². The van der Waals surface area contributed by atoms with Gasteiger partial charge in [0, 0.05) is 0 Å². The number of phenolic OH excluding ortho intramolecular Hbond substituents is 1. The molecule has 0 amide bonds. The maximum atomic E-state index is 11.2. The van der Waals surface area contributed by atoms with E-state index < -0.39 is 15.8 Å². The predicted octanol–water partition coefficient (Wildman–Crippen LogP) is 0.966. The molecule has 0 unspecified atom stereocenters. The quantitative estimate of drug-likeness (QED) is 0.751. The van der Waals surface area contributed by atoms with Gasteiger partial charge >= 0.3 is 0 Å². The molecule has 0 fully saturated rings. The van der Waals surface area contributed by atoms with E-state index >= 15 is 0 Å². The lowest BCUT2D eigenvalue weighted by molar-refractivity contribution is 0.475. The molecule has 0 bridgehead atoms. The summed E-state index contributed by atoms with van der Waals surface area (Å²) >= 11 is 0. The summed E-state index contributed by atoms with van der Waals surface area (Å²) in [5, 5.41) is 17.4. The van der Waals surface area contributed by atoms with E-state index in [9.17, 15) is 8.42 Å². The van der Waals surface area contributed by atoms with Crippen LogP contribution in [0.1, 0.15) is 5.56 Å². The number of aromatic hydroxyl groups is 1. The van der Waals surface area contributed by atoms with E-state index in [2.05, 4.69) is 4.72 Å². The average molecular weight is 226 g/mol. The van der Waals surface area contributed by atoms with Crippen LogP contribution in [0.2, 0.25) is 0 Å². The minimum absolute atomic E-state index is 0.0655. The van der Waals surface area contributed by atoms with Crippen molar-refractivity contribution in [3.63, 3.8) is 0 Å². The second-order valence-corrected chi connectivity index (χ2v) is 4.74. The van der Waals surface area contributed by atoms with Crippen molar-refractivity contribution < 1.29 is 13.5 Å². The molecule has 6 heteroatoms. The Hall–Kier alpha value is -1.74. The first kappa shape index (κ1) is 11.3. The number of nitrogens with one attached hydrogen (secondary N) is 1. The molecule has 0 heterocycles. The van der Waals surface area contributed by atoms with Gasteiger partial charge in [-0.2, -0.15) is 5.26 Å². The summed E-state index contributed by atoms with van der Waals surface area (Å²) in [5.74, 6) is -0.524. The molecule has 80 valence electrons. The lowest BCUT2D eigenvalue weighted by atomic mass is 10.2. The minimum atomic E-state index is -3.61. The van der Waals surface area contributed by atoms with Crippen molar-refractivity contribution in [3.8, 4) is 11.8 Å². The van der Waals surface area contributed by atoms with Gasteiger partial charge in [0.15, 0.2) is 5.75 Å². The minimum Gasteiger partial charge on any atom is -0.508 e. The number of phenols is 1. The maximum absolute atomic E-state index is 11.2. The molecular formula is C9H10N2O3S. The second kappa shape index (κ2) is 4.19. The molecule has 2 N–H and O–H groups in total. The van der Waals surface area contributed by atoms with E-state index in [-0.39, 0.29) is 5.75 Å². The van der Waals surface area contributed by atoms with E-state index in [1.165, 1.54) is 18.2 Å². The van der Waals surface area contributed by atoms with Gasteiger partial charge in [0.2, 0.25) is 10.0 Å². The van der Waals surface area contributed by atoms with Gasteiger partial charge in [-0.3, -0.25) is 4.72 Å². The topological polar surface area (TPSA) is 90.2 Å². The number of hydrogen-bond acceptors (Lipinski definition) is 4. The van der Waals surface area contributed by atoms with Crippen molar-refractivity contribution in [2.45, 2.75) is 6.92 Å². The molecule has 0 aliphatic heterocycles. The highest BCUT2D eigenvalue weighted by Crippen LogP contribution is 2.20. The molecule has 0 radical (unpaired) electrons. The van der Waals surface area contributed by atoms with Crippen LogP contribution in [-0.4, -0.2) is 19.3 Å². The van der Waals surface area contributed by atoms with Crippen molar-refractivity contribution in [2.75, 3.05) is 10.5 Å². The van der Waals surface area contributed by atoms with Crippen LogP contribution < -0.4 is 4.72 Å². The monoisotopic (exact) mass is 226 g/mol. The fourth-order valence-electron chi connectivity index (χ4n) is 1.05. The Morgan fingerprint density at radius 3 is 2.73 bits per heavy atom. The van der Waals surface area contributed by atoms with E-state index in [0.717, 1.165) is 0 Å². The molecule has 1 aromatic carbocycles. The van der Waals surface area contributed by atoms with Gasteiger partial charge in [-0.05, 0) is 30.7 Å². The largest absolute Gasteiger partial charge is 0.508 e. The van der Waals surface area contributed by atoms with Crippen LogP contribution in [0.5, 0.6) is 5.75 Å². The molecule has 0 aliphatic rings. The molecule has 0 atom stereocenters. The Balaban J connectivity index is 2.96. The first-order valence-electron chi connectivity index (χ1n) is 4.11. The number of anilines is 1. The van der Waals surface area contributed by atoms with Crippen molar-refractivity contribution in [1.29, 1.82) is 5.26 Å². The SMILES string of the molecule is Cc1cc(O)ccc1NS(=O)(=O)CC#N. The molecule has 0 aliphatic carbocycles. The third kappa shape index (κ3) is 3.14. The van der Waals surface area contributed by atoms with Crippen molar-refractivity contribution >= 4 is 15.7 Å². The average Bonchev–Trinajstić information content (AvgIpc) is 2.09. The summed E-state index contributed by atoms with van der Waals surface area (Å²) in [7, 11) is -3.61. The Kier molecular flexibility index (Phi) is 3.17. The second-order valence-electron chi connectivity index (χ2n) is 3.02. The first-order valence-corrected chi connectivity index (χ1v) is 5.77. The summed E-state index contributed by atoms with van der Waals surface area (Å²) < 4.78 is 24.7. The van der Waals surface area contributed by atoms with Gasteiger partial charge in [-0.25, -0.2) is 8.42 Å². The third-order valence-electron chi connectivity index (χ3n) is 1.73. The Labute approximate surface area is 88.0 Å². The molecule has 15 heavy (non-hydrogen) atoms. The van der Waals surface area contributed by atoms with E-state index in [0.29, 0.717) is 11.3 Å². The zero-order chi connectivity index (χ0) is 11.5. The standard InChI is InChI=1S/C9H10N2O3S/c1-7-6-8(12)2-3-9(7)11-15(13,14)5-4-10/h2-3,6,11-12H,5H2,1H3. The molecular weight excluding hydrogens is 216 g/mol. The molecule has 1 rings (SSSR count). The number of nitriles is 1. The van der Waals surface area contributed by atoms with Crippen LogP contribution in [0.25, 0.3) is 0 Å². The normalized spacial score (nSPS) is 10.7. The van der Waals surface area contributed by atoms with Crippen LogP contribution in [-0.2, 0) is 10.0 Å². The summed E-state index contributed by atoms with van der Waals surface area (Å²) in [6.45, 7) is 1.66. The lowest BCUT2D eigenvalue weighted by Gasteiger charge is -2.08. The van der Waals surface area contributed by atoms with E-state index in [1.54, 1.807) is 13.0 Å². The number of aryl methyl sites for hydroxylation is 1. The van der Waals surface area contributed by atoms with Gasteiger partial charge in [0.1, 0.15) is 5.75 Å². The lowest BCUT2D eigenvalue weighted by Crippen LogP contribution is -2.16. The Bertz CT molecular complexity index is 503. The van der Waals surface area contributed by atoms with Crippen LogP contribution >= 0.6 is 0 Å². The van der Waals surface area contributed by atoms with Gasteiger partial charge in [-0.1, -0.05) is 0 Å². The number of hydrogen-bond donors (Lipinski definition) is 2. The summed E-state index contributed by atoms with van der Waals surface area (Å²) in [5.41, 5.74) is 0.958. The molecule has 0 saturated carbocycles. The molecule has 5 nitrogen and oxygen atoms in total. The van der Waals surface area contributed by atoms with E-state index in [1.807, 2.05) is 0 Å². The first-order chi connectivity index (χ1) is 6.94. The van der Waals surface area contributed by atoms with E-state index in [4.69, 9.17) is 10.4 Å². The number of benzene rings is 1. The van der Waals surface area contributed by atoms with Crippen molar-refractivity contribution in [3.05, 3.63) is 23.8 Å². The van der Waals surface area contributed by atoms with Gasteiger partial charge < -0.3 is 5.11 Å². The van der Waals surface area contributed by atoms with Crippen LogP contribution in [0.4, 0.5) is 5.69 Å². The molecule has 0 saturated heterocycles. The fourth-order valence-corrected chi connectivity index (χ4v) is 1.86. The zero-order valence-corrected chi connectivity index (χ0v) is 8.87. The van der Waals surface area contributed by atoms with Crippen LogP contribution in [0.3, 0.4) is 0 Å². The van der Waals surface area contributed by atoms with Gasteiger partial charge in [0.05, 0.1) is 11.8 Å².